The summed E-state index contributed by atoms with van der Waals surface area (Å²) in [4.78, 5) is 24.1. The molecule has 122 valence electrons. The maximum absolute atomic E-state index is 12.3. The summed E-state index contributed by atoms with van der Waals surface area (Å²) in [6, 6.07) is 7.56. The third-order valence-electron chi connectivity index (χ3n) is 3.60. The van der Waals surface area contributed by atoms with Crippen LogP contribution in [0.5, 0.6) is 0 Å². The van der Waals surface area contributed by atoms with Gasteiger partial charge in [-0.25, -0.2) is 0 Å². The van der Waals surface area contributed by atoms with Crippen molar-refractivity contribution in [2.75, 3.05) is 11.1 Å². The van der Waals surface area contributed by atoms with Crippen molar-refractivity contribution in [1.29, 1.82) is 0 Å². The lowest BCUT2D eigenvalue weighted by molar-refractivity contribution is -0.121. The Bertz CT molecular complexity index is 527. The van der Waals surface area contributed by atoms with Crippen molar-refractivity contribution in [1.82, 2.24) is 0 Å². The van der Waals surface area contributed by atoms with Gasteiger partial charge in [-0.15, -0.1) is 24.2 Å². The molecule has 0 aliphatic heterocycles. The highest BCUT2D eigenvalue weighted by molar-refractivity contribution is 8.00. The molecular formula is C15H22ClN3O2S. The van der Waals surface area contributed by atoms with Crippen LogP contribution in [0.25, 0.3) is 0 Å². The van der Waals surface area contributed by atoms with E-state index in [1.165, 1.54) is 11.8 Å². The van der Waals surface area contributed by atoms with E-state index in [0.29, 0.717) is 0 Å². The van der Waals surface area contributed by atoms with Crippen molar-refractivity contribution in [3.8, 4) is 0 Å². The predicted molar refractivity (Wildman–Crippen MR) is 92.2 cm³/mol. The summed E-state index contributed by atoms with van der Waals surface area (Å²) in [6.45, 7) is 0. The van der Waals surface area contributed by atoms with E-state index < -0.39 is 0 Å². The molecule has 1 aromatic rings. The van der Waals surface area contributed by atoms with Crippen molar-refractivity contribution >= 4 is 41.7 Å². The summed E-state index contributed by atoms with van der Waals surface area (Å²) < 4.78 is 0. The molecule has 2 unspecified atom stereocenters. The van der Waals surface area contributed by atoms with Gasteiger partial charge in [-0.05, 0) is 31.4 Å². The van der Waals surface area contributed by atoms with Crippen LogP contribution in [-0.2, 0) is 9.59 Å². The first-order valence-corrected chi connectivity index (χ1v) is 8.11. The topological polar surface area (TPSA) is 98.2 Å². The third-order valence-corrected chi connectivity index (χ3v) is 4.70. The molecule has 2 rings (SSSR count). The zero-order chi connectivity index (χ0) is 15.2. The summed E-state index contributed by atoms with van der Waals surface area (Å²) in [7, 11) is 0. The predicted octanol–water partition coefficient (Wildman–Crippen LogP) is 2.14. The van der Waals surface area contributed by atoms with Gasteiger partial charge in [0.25, 0.3) is 0 Å². The summed E-state index contributed by atoms with van der Waals surface area (Å²) >= 11 is 1.33. The number of halogens is 1. The molecule has 22 heavy (non-hydrogen) atoms. The van der Waals surface area contributed by atoms with Crippen molar-refractivity contribution in [3.05, 3.63) is 24.3 Å². The third kappa shape index (κ3) is 5.51. The Hall–Kier alpha value is -1.24. The largest absolute Gasteiger partial charge is 0.369 e. The molecule has 1 aliphatic carbocycles. The molecule has 0 heterocycles. The number of rotatable bonds is 5. The molecule has 0 aromatic heterocycles. The van der Waals surface area contributed by atoms with Crippen LogP contribution in [0.2, 0.25) is 0 Å². The fourth-order valence-electron chi connectivity index (χ4n) is 2.55. The molecule has 5 nitrogen and oxygen atoms in total. The summed E-state index contributed by atoms with van der Waals surface area (Å²) in [5, 5.41) is 2.96. The maximum Gasteiger partial charge on any atom is 0.227 e. The molecule has 1 aromatic carbocycles. The number of thioether (sulfide) groups is 1. The van der Waals surface area contributed by atoms with Crippen molar-refractivity contribution in [2.24, 2.45) is 17.4 Å². The zero-order valence-corrected chi connectivity index (χ0v) is 13.9. The van der Waals surface area contributed by atoms with Gasteiger partial charge < -0.3 is 16.8 Å². The minimum Gasteiger partial charge on any atom is -0.369 e. The van der Waals surface area contributed by atoms with E-state index in [9.17, 15) is 9.59 Å². The molecule has 1 saturated carbocycles. The zero-order valence-electron chi connectivity index (χ0n) is 12.3. The number of primary amides is 1. The van der Waals surface area contributed by atoms with Gasteiger partial charge in [0.05, 0.1) is 11.4 Å². The van der Waals surface area contributed by atoms with Gasteiger partial charge in [-0.2, -0.15) is 0 Å². The lowest BCUT2D eigenvalue weighted by Gasteiger charge is -2.26. The lowest BCUT2D eigenvalue weighted by atomic mass is 9.85. The van der Waals surface area contributed by atoms with Crippen LogP contribution in [0.3, 0.4) is 0 Å². The smallest absolute Gasteiger partial charge is 0.227 e. The van der Waals surface area contributed by atoms with E-state index in [1.54, 1.807) is 0 Å². The molecule has 0 spiro atoms. The molecule has 1 aliphatic rings. The number of benzene rings is 1. The van der Waals surface area contributed by atoms with Crippen molar-refractivity contribution in [3.63, 3.8) is 0 Å². The highest BCUT2D eigenvalue weighted by Gasteiger charge is 2.25. The average Bonchev–Trinajstić information content (AvgIpc) is 2.46. The second-order valence-corrected chi connectivity index (χ2v) is 6.38. The van der Waals surface area contributed by atoms with Gasteiger partial charge in [-0.1, -0.05) is 18.6 Å². The van der Waals surface area contributed by atoms with Gasteiger partial charge in [0, 0.05) is 16.9 Å². The second kappa shape index (κ2) is 9.02. The SMILES string of the molecule is Cl.NC(=O)CSc1ccccc1NC(=O)C1CCCC(N)C1. The first-order chi connectivity index (χ1) is 10.1. The summed E-state index contributed by atoms with van der Waals surface area (Å²) in [6.07, 6.45) is 3.62. The van der Waals surface area contributed by atoms with Crippen LogP contribution in [0.4, 0.5) is 5.69 Å². The average molecular weight is 344 g/mol. The van der Waals surface area contributed by atoms with Gasteiger partial charge in [0.15, 0.2) is 0 Å². The molecular weight excluding hydrogens is 322 g/mol. The van der Waals surface area contributed by atoms with Crippen LogP contribution in [0.1, 0.15) is 25.7 Å². The Balaban J connectivity index is 0.00000242. The number of carbonyl (C=O) groups excluding carboxylic acids is 2. The Kier molecular flexibility index (Phi) is 7.72. The van der Waals surface area contributed by atoms with Gasteiger partial charge in [0.1, 0.15) is 0 Å². The summed E-state index contributed by atoms with van der Waals surface area (Å²) in [5.74, 6) is -0.194. The van der Waals surface area contributed by atoms with E-state index >= 15 is 0 Å². The minimum atomic E-state index is -0.376. The van der Waals surface area contributed by atoms with Crippen molar-refractivity contribution < 1.29 is 9.59 Å². The number of nitrogens with one attached hydrogen (secondary N) is 1. The number of nitrogens with two attached hydrogens (primary N) is 2. The number of hydrogen-bond acceptors (Lipinski definition) is 4. The molecule has 5 N–H and O–H groups in total. The maximum atomic E-state index is 12.3. The van der Waals surface area contributed by atoms with Crippen molar-refractivity contribution in [2.45, 2.75) is 36.6 Å². The van der Waals surface area contributed by atoms with Gasteiger partial charge in [-0.3, -0.25) is 9.59 Å². The van der Waals surface area contributed by atoms with E-state index in [2.05, 4.69) is 5.32 Å². The van der Waals surface area contributed by atoms with Crippen LogP contribution < -0.4 is 16.8 Å². The number of para-hydroxylation sites is 1. The molecule has 0 saturated heterocycles. The Labute approximate surface area is 141 Å². The number of hydrogen-bond donors (Lipinski definition) is 3. The number of amides is 2. The van der Waals surface area contributed by atoms with Crippen LogP contribution >= 0.6 is 24.2 Å². The Morgan fingerprint density at radius 2 is 2.00 bits per heavy atom. The summed E-state index contributed by atoms with van der Waals surface area (Å²) in [5.41, 5.74) is 11.8. The highest BCUT2D eigenvalue weighted by Crippen LogP contribution is 2.29. The molecule has 0 radical (unpaired) electrons. The van der Waals surface area contributed by atoms with Gasteiger partial charge >= 0.3 is 0 Å². The second-order valence-electron chi connectivity index (χ2n) is 5.36. The Morgan fingerprint density at radius 3 is 2.68 bits per heavy atom. The number of anilines is 1. The van der Waals surface area contributed by atoms with Crippen LogP contribution in [-0.4, -0.2) is 23.6 Å². The Morgan fingerprint density at radius 1 is 1.27 bits per heavy atom. The molecule has 7 heteroatoms. The standard InChI is InChI=1S/C15H21N3O2S.ClH/c16-11-5-3-4-10(8-11)15(20)18-12-6-1-2-7-13(12)21-9-14(17)19;/h1-2,6-7,10-11H,3-5,8-9,16H2,(H2,17,19)(H,18,20);1H. The molecule has 2 amide bonds. The first-order valence-electron chi connectivity index (χ1n) is 7.13. The first kappa shape index (κ1) is 18.8. The van der Waals surface area contributed by atoms with E-state index in [1.807, 2.05) is 24.3 Å². The minimum absolute atomic E-state index is 0. The fraction of sp³-hybridized carbons (Fsp3) is 0.467. The van der Waals surface area contributed by atoms with Crippen LogP contribution in [0, 0.1) is 5.92 Å². The van der Waals surface area contributed by atoms with Crippen LogP contribution in [0.15, 0.2) is 29.2 Å². The molecule has 1 fully saturated rings. The fourth-order valence-corrected chi connectivity index (χ4v) is 3.29. The monoisotopic (exact) mass is 343 g/mol. The normalized spacial score (nSPS) is 20.8. The quantitative estimate of drug-likeness (QED) is 0.713. The number of carbonyl (C=O) groups is 2. The van der Waals surface area contributed by atoms with Gasteiger partial charge in [0.2, 0.25) is 11.8 Å². The van der Waals surface area contributed by atoms with E-state index in [0.717, 1.165) is 36.3 Å². The van der Waals surface area contributed by atoms with E-state index in [4.69, 9.17) is 11.5 Å². The highest BCUT2D eigenvalue weighted by atomic mass is 35.5. The van der Waals surface area contributed by atoms with E-state index in [-0.39, 0.29) is 41.9 Å². The lowest BCUT2D eigenvalue weighted by Crippen LogP contribution is -2.34. The molecule has 0 bridgehead atoms. The molecule has 2 atom stereocenters.